The van der Waals surface area contributed by atoms with E-state index in [0.717, 1.165) is 45.5 Å². The maximum absolute atomic E-state index is 11.4. The van der Waals surface area contributed by atoms with Crippen LogP contribution in [0.25, 0.3) is 33.5 Å². The summed E-state index contributed by atoms with van der Waals surface area (Å²) in [6, 6.07) is 22.0. The van der Waals surface area contributed by atoms with Gasteiger partial charge in [-0.2, -0.15) is 0 Å². The molecule has 0 atom stereocenters. The van der Waals surface area contributed by atoms with Crippen molar-refractivity contribution in [3.63, 3.8) is 0 Å². The maximum atomic E-state index is 11.4. The number of hydrogen-bond acceptors (Lipinski definition) is 3. The Kier molecular flexibility index (Phi) is 4.01. The van der Waals surface area contributed by atoms with Crippen molar-refractivity contribution in [1.29, 1.82) is 0 Å². The Morgan fingerprint density at radius 1 is 0.923 bits per heavy atom. The van der Waals surface area contributed by atoms with Gasteiger partial charge in [-0.15, -0.1) is 0 Å². The average Bonchev–Trinajstić information content (AvgIpc) is 3.12. The zero-order chi connectivity index (χ0) is 18.1. The van der Waals surface area contributed by atoms with E-state index in [2.05, 4.69) is 22.0 Å². The minimum Gasteiger partial charge on any atom is -0.378 e. The average molecular weight is 341 g/mol. The minimum atomic E-state index is 0.631. The SMILES string of the molecule is CN(C)c1cccc(-c2cc(C=O)cc3[nH]c(-c4ccccc4)nc23)c1. The number of carbonyl (C=O) groups excluding carboxylic acids is 1. The highest BCUT2D eigenvalue weighted by Crippen LogP contribution is 2.32. The molecule has 0 unspecified atom stereocenters. The molecular weight excluding hydrogens is 322 g/mol. The summed E-state index contributed by atoms with van der Waals surface area (Å²) in [5, 5.41) is 0. The fourth-order valence-electron chi connectivity index (χ4n) is 3.11. The molecule has 4 rings (SSSR count). The number of H-pyrrole nitrogens is 1. The Labute approximate surface area is 152 Å². The predicted octanol–water partition coefficient (Wildman–Crippen LogP) is 4.78. The molecule has 26 heavy (non-hydrogen) atoms. The first-order valence-electron chi connectivity index (χ1n) is 8.48. The Hall–Kier alpha value is -3.40. The normalized spacial score (nSPS) is 10.8. The number of rotatable bonds is 4. The Bertz CT molecular complexity index is 1080. The lowest BCUT2D eigenvalue weighted by Crippen LogP contribution is -2.08. The van der Waals surface area contributed by atoms with Gasteiger partial charge >= 0.3 is 0 Å². The van der Waals surface area contributed by atoms with Crippen LogP contribution in [0.3, 0.4) is 0 Å². The number of aromatic amines is 1. The third-order valence-electron chi connectivity index (χ3n) is 4.47. The van der Waals surface area contributed by atoms with Crippen molar-refractivity contribution in [2.45, 2.75) is 0 Å². The fourth-order valence-corrected chi connectivity index (χ4v) is 3.11. The van der Waals surface area contributed by atoms with Crippen LogP contribution in [0.4, 0.5) is 5.69 Å². The molecule has 4 aromatic rings. The van der Waals surface area contributed by atoms with Gasteiger partial charge in [0.25, 0.3) is 0 Å². The van der Waals surface area contributed by atoms with Gasteiger partial charge in [0.1, 0.15) is 12.1 Å². The highest BCUT2D eigenvalue weighted by molar-refractivity contribution is 5.98. The molecule has 4 nitrogen and oxygen atoms in total. The zero-order valence-electron chi connectivity index (χ0n) is 14.7. The Morgan fingerprint density at radius 3 is 2.42 bits per heavy atom. The van der Waals surface area contributed by atoms with Crippen LogP contribution in [0, 0.1) is 0 Å². The first kappa shape index (κ1) is 16.1. The van der Waals surface area contributed by atoms with Crippen LogP contribution in [0.15, 0.2) is 66.7 Å². The summed E-state index contributed by atoms with van der Waals surface area (Å²) in [6.45, 7) is 0. The number of imidazole rings is 1. The van der Waals surface area contributed by atoms with Gasteiger partial charge in [-0.25, -0.2) is 4.98 Å². The Morgan fingerprint density at radius 2 is 1.69 bits per heavy atom. The second kappa shape index (κ2) is 6.48. The summed E-state index contributed by atoms with van der Waals surface area (Å²) in [5.41, 5.74) is 6.47. The standard InChI is InChI=1S/C22H19N3O/c1-25(2)18-10-6-9-17(13-18)19-11-15(14-26)12-20-21(19)24-22(23-20)16-7-4-3-5-8-16/h3-14H,1-2H3,(H,23,24). The van der Waals surface area contributed by atoms with E-state index >= 15 is 0 Å². The van der Waals surface area contributed by atoms with Crippen molar-refractivity contribution >= 4 is 23.0 Å². The van der Waals surface area contributed by atoms with Gasteiger partial charge in [0.15, 0.2) is 0 Å². The van der Waals surface area contributed by atoms with Gasteiger partial charge in [0.05, 0.1) is 11.0 Å². The summed E-state index contributed by atoms with van der Waals surface area (Å²) in [7, 11) is 4.02. The number of aromatic nitrogens is 2. The molecule has 3 aromatic carbocycles. The number of nitrogens with one attached hydrogen (secondary N) is 1. The summed E-state index contributed by atoms with van der Waals surface area (Å²) in [5.74, 6) is 0.800. The third kappa shape index (κ3) is 2.86. The number of aldehydes is 1. The fraction of sp³-hybridized carbons (Fsp3) is 0.0909. The van der Waals surface area contributed by atoms with Crippen molar-refractivity contribution in [1.82, 2.24) is 9.97 Å². The molecule has 1 N–H and O–H groups in total. The summed E-state index contributed by atoms with van der Waals surface area (Å²) in [6.07, 6.45) is 0.877. The second-order valence-corrected chi connectivity index (χ2v) is 6.48. The summed E-state index contributed by atoms with van der Waals surface area (Å²) in [4.78, 5) is 21.7. The highest BCUT2D eigenvalue weighted by atomic mass is 16.1. The van der Waals surface area contributed by atoms with Crippen LogP contribution < -0.4 is 4.90 Å². The number of nitrogens with zero attached hydrogens (tertiary/aromatic N) is 2. The van der Waals surface area contributed by atoms with Gasteiger partial charge < -0.3 is 9.88 Å². The van der Waals surface area contributed by atoms with Crippen LogP contribution in [0.1, 0.15) is 10.4 Å². The number of carbonyl (C=O) groups is 1. The molecule has 0 bridgehead atoms. The van der Waals surface area contributed by atoms with Crippen molar-refractivity contribution in [3.8, 4) is 22.5 Å². The molecule has 0 radical (unpaired) electrons. The molecule has 1 heterocycles. The number of fused-ring (bicyclic) bond motifs is 1. The molecule has 0 amide bonds. The van der Waals surface area contributed by atoms with E-state index in [-0.39, 0.29) is 0 Å². The van der Waals surface area contributed by atoms with Crippen molar-refractivity contribution < 1.29 is 4.79 Å². The lowest BCUT2D eigenvalue weighted by molar-refractivity contribution is 0.112. The molecule has 0 fully saturated rings. The molecule has 4 heteroatoms. The first-order chi connectivity index (χ1) is 12.7. The number of anilines is 1. The van der Waals surface area contributed by atoms with E-state index in [1.807, 2.05) is 68.7 Å². The minimum absolute atomic E-state index is 0.631. The zero-order valence-corrected chi connectivity index (χ0v) is 14.7. The van der Waals surface area contributed by atoms with Crippen LogP contribution >= 0.6 is 0 Å². The van der Waals surface area contributed by atoms with Crippen molar-refractivity contribution in [3.05, 3.63) is 72.3 Å². The maximum Gasteiger partial charge on any atom is 0.150 e. The monoisotopic (exact) mass is 341 g/mol. The van der Waals surface area contributed by atoms with E-state index < -0.39 is 0 Å². The van der Waals surface area contributed by atoms with Gasteiger partial charge in [-0.1, -0.05) is 42.5 Å². The van der Waals surface area contributed by atoms with E-state index in [1.165, 1.54) is 0 Å². The molecule has 0 spiro atoms. The molecule has 0 saturated heterocycles. The molecule has 0 aliphatic heterocycles. The third-order valence-corrected chi connectivity index (χ3v) is 4.47. The van der Waals surface area contributed by atoms with E-state index in [4.69, 9.17) is 4.98 Å². The largest absolute Gasteiger partial charge is 0.378 e. The number of benzene rings is 3. The van der Waals surface area contributed by atoms with Gasteiger partial charge in [-0.3, -0.25) is 4.79 Å². The predicted molar refractivity (Wildman–Crippen MR) is 107 cm³/mol. The Balaban J connectivity index is 1.95. The van der Waals surface area contributed by atoms with Crippen LogP contribution in [-0.4, -0.2) is 30.3 Å². The van der Waals surface area contributed by atoms with E-state index in [0.29, 0.717) is 5.56 Å². The van der Waals surface area contributed by atoms with E-state index in [9.17, 15) is 4.79 Å². The topological polar surface area (TPSA) is 49.0 Å². The first-order valence-corrected chi connectivity index (χ1v) is 8.48. The summed E-state index contributed by atoms with van der Waals surface area (Å²) < 4.78 is 0. The molecule has 0 aliphatic rings. The van der Waals surface area contributed by atoms with Gasteiger partial charge in [0, 0.05) is 36.5 Å². The van der Waals surface area contributed by atoms with E-state index in [1.54, 1.807) is 0 Å². The van der Waals surface area contributed by atoms with Crippen LogP contribution in [0.2, 0.25) is 0 Å². The second-order valence-electron chi connectivity index (χ2n) is 6.48. The molecule has 0 aliphatic carbocycles. The van der Waals surface area contributed by atoms with Crippen LogP contribution in [0.5, 0.6) is 0 Å². The van der Waals surface area contributed by atoms with Gasteiger partial charge in [-0.05, 0) is 29.8 Å². The van der Waals surface area contributed by atoms with Crippen LogP contribution in [-0.2, 0) is 0 Å². The molecule has 0 saturated carbocycles. The number of hydrogen-bond donors (Lipinski definition) is 1. The van der Waals surface area contributed by atoms with Gasteiger partial charge in [0.2, 0.25) is 0 Å². The summed E-state index contributed by atoms with van der Waals surface area (Å²) >= 11 is 0. The lowest BCUT2D eigenvalue weighted by atomic mass is 10.0. The molecular formula is C22H19N3O. The smallest absolute Gasteiger partial charge is 0.150 e. The van der Waals surface area contributed by atoms with Crippen molar-refractivity contribution in [2.75, 3.05) is 19.0 Å². The highest BCUT2D eigenvalue weighted by Gasteiger charge is 2.13. The van der Waals surface area contributed by atoms with Crippen molar-refractivity contribution in [2.24, 2.45) is 0 Å². The molecule has 128 valence electrons. The quantitative estimate of drug-likeness (QED) is 0.544. The lowest BCUT2D eigenvalue weighted by Gasteiger charge is -2.14. The molecule has 1 aromatic heterocycles.